The second-order valence-corrected chi connectivity index (χ2v) is 3.65. The third kappa shape index (κ3) is 1.46. The molecule has 1 aromatic rings. The molecule has 0 amide bonds. The van der Waals surface area contributed by atoms with Crippen LogP contribution in [0.15, 0.2) is 18.2 Å². The Kier molecular flexibility index (Phi) is 1.97. The predicted octanol–water partition coefficient (Wildman–Crippen LogP) is 2.40. The minimum atomic E-state index is -0.823. The summed E-state index contributed by atoms with van der Waals surface area (Å²) in [5.74, 6) is 1.79. The molecular weight excluding hydrogens is 197 g/mol. The number of benzene rings is 1. The Morgan fingerprint density at radius 3 is 2.67 bits per heavy atom. The summed E-state index contributed by atoms with van der Waals surface area (Å²) < 4.78 is 13.0. The molecule has 15 heavy (non-hydrogen) atoms. The summed E-state index contributed by atoms with van der Waals surface area (Å²) in [5, 5.41) is 10.5. The molecule has 0 heterocycles. The van der Waals surface area contributed by atoms with Gasteiger partial charge in [-0.15, -0.1) is 6.42 Å². The average molecular weight is 205 g/mol. The summed E-state index contributed by atoms with van der Waals surface area (Å²) in [6.07, 6.45) is 6.98. The molecule has 1 fully saturated rings. The molecule has 0 N–H and O–H groups in total. The maximum Gasteiger partial charge on any atom is 0.305 e. The summed E-state index contributed by atoms with van der Waals surface area (Å²) in [4.78, 5) is 9.79. The molecule has 0 saturated heterocycles. The lowest BCUT2D eigenvalue weighted by molar-refractivity contribution is -0.387. The van der Waals surface area contributed by atoms with Gasteiger partial charge in [0.05, 0.1) is 10.3 Å². The summed E-state index contributed by atoms with van der Waals surface area (Å²) >= 11 is 0. The fourth-order valence-electron chi connectivity index (χ4n) is 1.59. The topological polar surface area (TPSA) is 43.1 Å². The molecule has 1 aliphatic carbocycles. The smallest absolute Gasteiger partial charge is 0.258 e. The van der Waals surface area contributed by atoms with Gasteiger partial charge in [-0.1, -0.05) is 12.0 Å². The van der Waals surface area contributed by atoms with Crippen LogP contribution in [-0.2, 0) is 5.41 Å². The van der Waals surface area contributed by atoms with E-state index in [9.17, 15) is 14.5 Å². The number of nitro groups is 1. The van der Waals surface area contributed by atoms with Crippen LogP contribution in [0.1, 0.15) is 18.4 Å². The van der Waals surface area contributed by atoms with Crippen LogP contribution in [0.5, 0.6) is 0 Å². The summed E-state index contributed by atoms with van der Waals surface area (Å²) in [7, 11) is 0. The lowest BCUT2D eigenvalue weighted by Crippen LogP contribution is -2.04. The van der Waals surface area contributed by atoms with Crippen molar-refractivity contribution in [1.82, 2.24) is 0 Å². The standard InChI is InChI=1S/C11H8FNO2/c1-2-11(5-6-11)8-3-4-9(12)10(7-8)13(14)15/h1,3-4,7H,5-6H2. The second kappa shape index (κ2) is 3.06. The van der Waals surface area contributed by atoms with Crippen molar-refractivity contribution < 1.29 is 9.31 Å². The van der Waals surface area contributed by atoms with E-state index in [0.717, 1.165) is 18.9 Å². The number of terminal acetylenes is 1. The van der Waals surface area contributed by atoms with Crippen molar-refractivity contribution >= 4 is 5.69 Å². The third-order valence-electron chi connectivity index (χ3n) is 2.72. The molecule has 1 aromatic carbocycles. The van der Waals surface area contributed by atoms with Crippen LogP contribution < -0.4 is 0 Å². The molecule has 4 heteroatoms. The first kappa shape index (κ1) is 9.66. The Morgan fingerprint density at radius 1 is 1.53 bits per heavy atom. The zero-order valence-electron chi connectivity index (χ0n) is 7.87. The van der Waals surface area contributed by atoms with Gasteiger partial charge in [0.25, 0.3) is 0 Å². The van der Waals surface area contributed by atoms with Crippen LogP contribution in [0.3, 0.4) is 0 Å². The van der Waals surface area contributed by atoms with Crippen molar-refractivity contribution in [3.8, 4) is 12.3 Å². The van der Waals surface area contributed by atoms with Crippen LogP contribution in [0, 0.1) is 28.3 Å². The molecular formula is C11H8FNO2. The van der Waals surface area contributed by atoms with Crippen molar-refractivity contribution in [2.24, 2.45) is 0 Å². The lowest BCUT2D eigenvalue weighted by atomic mass is 9.96. The molecule has 0 bridgehead atoms. The normalized spacial score (nSPS) is 16.8. The van der Waals surface area contributed by atoms with E-state index in [-0.39, 0.29) is 0 Å². The van der Waals surface area contributed by atoms with Crippen LogP contribution in [-0.4, -0.2) is 4.92 Å². The van der Waals surface area contributed by atoms with Crippen LogP contribution in [0.2, 0.25) is 0 Å². The van der Waals surface area contributed by atoms with Crippen molar-refractivity contribution in [2.45, 2.75) is 18.3 Å². The highest BCUT2D eigenvalue weighted by atomic mass is 19.1. The lowest BCUT2D eigenvalue weighted by Gasteiger charge is -2.07. The maximum atomic E-state index is 13.0. The summed E-state index contributed by atoms with van der Waals surface area (Å²) in [6.45, 7) is 0. The van der Waals surface area contributed by atoms with Crippen molar-refractivity contribution in [3.05, 3.63) is 39.7 Å². The quantitative estimate of drug-likeness (QED) is 0.422. The van der Waals surface area contributed by atoms with Gasteiger partial charge in [0.1, 0.15) is 0 Å². The fourth-order valence-corrected chi connectivity index (χ4v) is 1.59. The van der Waals surface area contributed by atoms with E-state index in [2.05, 4.69) is 5.92 Å². The molecule has 0 atom stereocenters. The molecule has 0 radical (unpaired) electrons. The molecule has 0 aliphatic heterocycles. The van der Waals surface area contributed by atoms with Gasteiger partial charge in [-0.3, -0.25) is 10.1 Å². The molecule has 2 rings (SSSR count). The van der Waals surface area contributed by atoms with Crippen molar-refractivity contribution in [3.63, 3.8) is 0 Å². The highest BCUT2D eigenvalue weighted by Gasteiger charge is 2.43. The average Bonchev–Trinajstić information content (AvgIpc) is 2.99. The largest absolute Gasteiger partial charge is 0.305 e. The van der Waals surface area contributed by atoms with E-state index in [1.165, 1.54) is 12.1 Å². The Bertz CT molecular complexity index is 472. The van der Waals surface area contributed by atoms with Crippen LogP contribution in [0.25, 0.3) is 0 Å². The number of hydrogen-bond acceptors (Lipinski definition) is 2. The van der Waals surface area contributed by atoms with Gasteiger partial charge in [0.15, 0.2) is 0 Å². The highest BCUT2D eigenvalue weighted by Crippen LogP contribution is 2.48. The van der Waals surface area contributed by atoms with E-state index >= 15 is 0 Å². The number of nitrogens with zero attached hydrogens (tertiary/aromatic N) is 1. The van der Waals surface area contributed by atoms with Gasteiger partial charge in [-0.2, -0.15) is 4.39 Å². The Hall–Kier alpha value is -1.89. The summed E-state index contributed by atoms with van der Waals surface area (Å²) in [5.41, 5.74) is -0.231. The van der Waals surface area contributed by atoms with Gasteiger partial charge in [-0.25, -0.2) is 0 Å². The van der Waals surface area contributed by atoms with Gasteiger partial charge in [0.2, 0.25) is 5.82 Å². The molecule has 1 saturated carbocycles. The molecule has 1 aliphatic rings. The molecule has 0 spiro atoms. The van der Waals surface area contributed by atoms with Crippen molar-refractivity contribution in [1.29, 1.82) is 0 Å². The monoisotopic (exact) mass is 205 g/mol. The maximum absolute atomic E-state index is 13.0. The Morgan fingerprint density at radius 2 is 2.20 bits per heavy atom. The van der Waals surface area contributed by atoms with E-state index in [1.807, 2.05) is 0 Å². The second-order valence-electron chi connectivity index (χ2n) is 3.65. The van der Waals surface area contributed by atoms with E-state index in [1.54, 1.807) is 0 Å². The first-order chi connectivity index (χ1) is 7.09. The number of rotatable bonds is 2. The minimum Gasteiger partial charge on any atom is -0.258 e. The molecule has 3 nitrogen and oxygen atoms in total. The van der Waals surface area contributed by atoms with Crippen molar-refractivity contribution in [2.75, 3.05) is 0 Å². The number of nitro benzene ring substituents is 1. The Balaban J connectivity index is 2.49. The molecule has 0 aromatic heterocycles. The zero-order valence-corrected chi connectivity index (χ0v) is 7.87. The van der Waals surface area contributed by atoms with E-state index < -0.39 is 21.8 Å². The first-order valence-electron chi connectivity index (χ1n) is 4.51. The minimum absolute atomic E-state index is 0.390. The van der Waals surface area contributed by atoms with Gasteiger partial charge in [-0.05, 0) is 24.5 Å². The van der Waals surface area contributed by atoms with Gasteiger partial charge >= 0.3 is 5.69 Å². The Labute approximate surface area is 86.1 Å². The molecule has 0 unspecified atom stereocenters. The SMILES string of the molecule is C#CC1(c2ccc(F)c([N+](=O)[O-])c2)CC1. The number of hydrogen-bond donors (Lipinski definition) is 0. The fraction of sp³-hybridized carbons (Fsp3) is 0.273. The van der Waals surface area contributed by atoms with Gasteiger partial charge < -0.3 is 0 Å². The highest BCUT2D eigenvalue weighted by molar-refractivity contribution is 5.46. The zero-order chi connectivity index (χ0) is 11.1. The third-order valence-corrected chi connectivity index (χ3v) is 2.72. The predicted molar refractivity (Wildman–Crippen MR) is 52.8 cm³/mol. The van der Waals surface area contributed by atoms with Crippen LogP contribution >= 0.6 is 0 Å². The van der Waals surface area contributed by atoms with Crippen LogP contribution in [0.4, 0.5) is 10.1 Å². The first-order valence-corrected chi connectivity index (χ1v) is 4.51. The van der Waals surface area contributed by atoms with E-state index in [4.69, 9.17) is 6.42 Å². The molecule has 76 valence electrons. The van der Waals surface area contributed by atoms with Gasteiger partial charge in [0, 0.05) is 6.07 Å². The summed E-state index contributed by atoms with van der Waals surface area (Å²) in [6, 6.07) is 3.86. The van der Waals surface area contributed by atoms with E-state index in [0.29, 0.717) is 5.56 Å². The number of halogens is 1.